The zero-order valence-corrected chi connectivity index (χ0v) is 13.8. The van der Waals surface area contributed by atoms with E-state index in [1.54, 1.807) is 34.9 Å². The van der Waals surface area contributed by atoms with Crippen molar-refractivity contribution in [3.05, 3.63) is 72.1 Å². The van der Waals surface area contributed by atoms with Crippen molar-refractivity contribution in [3.8, 4) is 5.69 Å². The monoisotopic (exact) mass is 374 g/mol. The van der Waals surface area contributed by atoms with Crippen molar-refractivity contribution in [3.63, 3.8) is 0 Å². The number of carbonyl (C=O) groups is 1. The number of para-hydroxylation sites is 1. The van der Waals surface area contributed by atoms with E-state index in [1.807, 2.05) is 0 Å². The normalized spacial score (nSPS) is 12.0. The lowest BCUT2D eigenvalue weighted by Crippen LogP contribution is -2.05. The molecular formula is C19H10ClF3N2O. The number of rotatable bonds is 2. The number of hydrogen-bond donors (Lipinski definition) is 0. The molecule has 0 bridgehead atoms. The minimum absolute atomic E-state index is 0.291. The summed E-state index contributed by atoms with van der Waals surface area (Å²) in [6.45, 7) is 0. The van der Waals surface area contributed by atoms with Crippen molar-refractivity contribution in [1.82, 2.24) is 9.55 Å². The maximum absolute atomic E-state index is 13.1. The predicted molar refractivity (Wildman–Crippen MR) is 93.8 cm³/mol. The molecule has 0 radical (unpaired) electrons. The minimum Gasteiger partial charge on any atom is -0.315 e. The maximum atomic E-state index is 13.1. The van der Waals surface area contributed by atoms with Crippen LogP contribution >= 0.6 is 11.6 Å². The van der Waals surface area contributed by atoms with Gasteiger partial charge in [0.25, 0.3) is 5.24 Å². The van der Waals surface area contributed by atoms with Crippen molar-refractivity contribution in [1.29, 1.82) is 0 Å². The number of nitrogens with zero attached hydrogens (tertiary/aromatic N) is 2. The summed E-state index contributed by atoms with van der Waals surface area (Å²) in [5.74, 6) is 0. The molecule has 4 aromatic rings. The van der Waals surface area contributed by atoms with E-state index in [1.165, 1.54) is 18.5 Å². The van der Waals surface area contributed by atoms with Crippen LogP contribution in [-0.2, 0) is 6.18 Å². The van der Waals surface area contributed by atoms with E-state index < -0.39 is 17.0 Å². The first-order valence-corrected chi connectivity index (χ1v) is 8.00. The SMILES string of the molecule is O=C(Cl)c1cn(-c2ccnc3ccc(C(F)(F)F)cc23)c2ccccc12. The van der Waals surface area contributed by atoms with Gasteiger partial charge >= 0.3 is 6.18 Å². The first-order valence-electron chi connectivity index (χ1n) is 7.62. The topological polar surface area (TPSA) is 34.9 Å². The summed E-state index contributed by atoms with van der Waals surface area (Å²) < 4.78 is 41.0. The van der Waals surface area contributed by atoms with E-state index in [0.29, 0.717) is 33.1 Å². The molecule has 26 heavy (non-hydrogen) atoms. The number of halogens is 4. The van der Waals surface area contributed by atoms with Gasteiger partial charge in [0, 0.05) is 23.2 Å². The highest BCUT2D eigenvalue weighted by molar-refractivity contribution is 6.68. The van der Waals surface area contributed by atoms with Gasteiger partial charge in [0.2, 0.25) is 0 Å². The van der Waals surface area contributed by atoms with Crippen LogP contribution in [0.5, 0.6) is 0 Å². The lowest BCUT2D eigenvalue weighted by Gasteiger charge is -2.12. The summed E-state index contributed by atoms with van der Waals surface area (Å²) in [4.78, 5) is 15.9. The average molecular weight is 375 g/mol. The second-order valence-corrected chi connectivity index (χ2v) is 6.11. The molecule has 0 aliphatic carbocycles. The average Bonchev–Trinajstić information content (AvgIpc) is 3.00. The van der Waals surface area contributed by atoms with Gasteiger partial charge in [-0.2, -0.15) is 13.2 Å². The molecule has 130 valence electrons. The highest BCUT2D eigenvalue weighted by Gasteiger charge is 2.30. The number of carbonyl (C=O) groups excluding carboxylic acids is 1. The lowest BCUT2D eigenvalue weighted by molar-refractivity contribution is -0.137. The summed E-state index contributed by atoms with van der Waals surface area (Å²) >= 11 is 5.67. The number of alkyl halides is 3. The van der Waals surface area contributed by atoms with Gasteiger partial charge in [-0.1, -0.05) is 18.2 Å². The van der Waals surface area contributed by atoms with Crippen LogP contribution in [0.25, 0.3) is 27.5 Å². The molecule has 0 spiro atoms. The highest BCUT2D eigenvalue weighted by atomic mass is 35.5. The van der Waals surface area contributed by atoms with Gasteiger partial charge in [0.15, 0.2) is 0 Å². The van der Waals surface area contributed by atoms with Gasteiger partial charge in [-0.05, 0) is 41.9 Å². The van der Waals surface area contributed by atoms with E-state index in [4.69, 9.17) is 11.6 Å². The van der Waals surface area contributed by atoms with E-state index >= 15 is 0 Å². The number of benzene rings is 2. The fourth-order valence-corrected chi connectivity index (χ4v) is 3.20. The third-order valence-corrected chi connectivity index (χ3v) is 4.43. The van der Waals surface area contributed by atoms with Crippen molar-refractivity contribution in [2.75, 3.05) is 0 Å². The van der Waals surface area contributed by atoms with Crippen LogP contribution in [0.3, 0.4) is 0 Å². The number of hydrogen-bond acceptors (Lipinski definition) is 2. The van der Waals surface area contributed by atoms with Gasteiger partial charge in [0.05, 0.1) is 27.8 Å². The van der Waals surface area contributed by atoms with Crippen LogP contribution in [0.15, 0.2) is 60.9 Å². The fourth-order valence-electron chi connectivity index (χ4n) is 3.05. The van der Waals surface area contributed by atoms with Crippen LogP contribution < -0.4 is 0 Å². The zero-order valence-electron chi connectivity index (χ0n) is 13.1. The molecule has 2 heterocycles. The Balaban J connectivity index is 2.06. The molecule has 0 saturated carbocycles. The Morgan fingerprint density at radius 3 is 2.54 bits per heavy atom. The van der Waals surface area contributed by atoms with Gasteiger partial charge in [-0.25, -0.2) is 0 Å². The molecule has 0 amide bonds. The first-order chi connectivity index (χ1) is 12.4. The Morgan fingerprint density at radius 2 is 1.81 bits per heavy atom. The molecule has 0 atom stereocenters. The summed E-state index contributed by atoms with van der Waals surface area (Å²) in [6.07, 6.45) is -1.41. The summed E-state index contributed by atoms with van der Waals surface area (Å²) in [5, 5.41) is 0.329. The predicted octanol–water partition coefficient (Wildman–Crippen LogP) is 5.58. The van der Waals surface area contributed by atoms with Crippen LogP contribution in [-0.4, -0.2) is 14.8 Å². The van der Waals surface area contributed by atoms with Crippen molar-refractivity contribution < 1.29 is 18.0 Å². The molecule has 7 heteroatoms. The highest BCUT2D eigenvalue weighted by Crippen LogP contribution is 2.34. The lowest BCUT2D eigenvalue weighted by atomic mass is 10.1. The molecule has 0 saturated heterocycles. The van der Waals surface area contributed by atoms with E-state index in [2.05, 4.69) is 4.98 Å². The summed E-state index contributed by atoms with van der Waals surface area (Å²) in [5.41, 5.74) is 1.11. The van der Waals surface area contributed by atoms with Crippen LogP contribution in [0, 0.1) is 0 Å². The molecule has 0 aliphatic heterocycles. The number of aromatic nitrogens is 2. The smallest absolute Gasteiger partial charge is 0.315 e. The minimum atomic E-state index is -4.46. The zero-order chi connectivity index (χ0) is 18.5. The third-order valence-electron chi connectivity index (χ3n) is 4.23. The molecular weight excluding hydrogens is 365 g/mol. The molecule has 0 fully saturated rings. The second-order valence-electron chi connectivity index (χ2n) is 5.76. The second kappa shape index (κ2) is 5.85. The molecule has 2 aromatic heterocycles. The quantitative estimate of drug-likeness (QED) is 0.429. The Hall–Kier alpha value is -2.86. The Labute approximate surface area is 150 Å². The molecule has 0 aliphatic rings. The Bertz CT molecular complexity index is 1160. The third kappa shape index (κ3) is 2.63. The Kier molecular flexibility index (Phi) is 3.73. The van der Waals surface area contributed by atoms with Crippen molar-refractivity contribution in [2.24, 2.45) is 0 Å². The fraction of sp³-hybridized carbons (Fsp3) is 0.0526. The molecule has 0 N–H and O–H groups in total. The van der Waals surface area contributed by atoms with Gasteiger partial charge in [0.1, 0.15) is 0 Å². The van der Waals surface area contributed by atoms with Gasteiger partial charge in [-0.3, -0.25) is 9.78 Å². The number of pyridine rings is 1. The van der Waals surface area contributed by atoms with Gasteiger partial charge < -0.3 is 4.57 Å². The van der Waals surface area contributed by atoms with Crippen LogP contribution in [0.2, 0.25) is 0 Å². The standard InChI is InChI=1S/C19H10ClF3N2O/c20-18(26)14-10-25(16-4-2-1-3-12(14)16)17-7-8-24-15-6-5-11(9-13(15)17)19(21,22)23/h1-10H. The first kappa shape index (κ1) is 16.6. The Morgan fingerprint density at radius 1 is 1.04 bits per heavy atom. The molecule has 2 aromatic carbocycles. The molecule has 0 unspecified atom stereocenters. The number of fused-ring (bicyclic) bond motifs is 2. The van der Waals surface area contributed by atoms with E-state index in [0.717, 1.165) is 12.1 Å². The van der Waals surface area contributed by atoms with Gasteiger partial charge in [-0.15, -0.1) is 0 Å². The van der Waals surface area contributed by atoms with Crippen LogP contribution in [0.1, 0.15) is 15.9 Å². The van der Waals surface area contributed by atoms with Crippen LogP contribution in [0.4, 0.5) is 13.2 Å². The van der Waals surface area contributed by atoms with E-state index in [9.17, 15) is 18.0 Å². The van der Waals surface area contributed by atoms with Crippen molar-refractivity contribution in [2.45, 2.75) is 6.18 Å². The molecule has 4 rings (SSSR count). The summed E-state index contributed by atoms with van der Waals surface area (Å²) in [6, 6.07) is 12.1. The van der Waals surface area contributed by atoms with E-state index in [-0.39, 0.29) is 0 Å². The molecule has 3 nitrogen and oxygen atoms in total. The largest absolute Gasteiger partial charge is 0.416 e. The van der Waals surface area contributed by atoms with Crippen molar-refractivity contribution >= 4 is 38.6 Å². The maximum Gasteiger partial charge on any atom is 0.416 e. The summed E-state index contributed by atoms with van der Waals surface area (Å²) in [7, 11) is 0.